The number of benzene rings is 2. The average Bonchev–Trinajstić information content (AvgIpc) is 2.71. The van der Waals surface area contributed by atoms with Gasteiger partial charge in [0.05, 0.1) is 0 Å². The van der Waals surface area contributed by atoms with Crippen LogP contribution in [-0.2, 0) is 16.2 Å². The van der Waals surface area contributed by atoms with Gasteiger partial charge in [-0.1, -0.05) is 39.0 Å². The third-order valence-electron chi connectivity index (χ3n) is 5.19. The quantitative estimate of drug-likeness (QED) is 0.779. The van der Waals surface area contributed by atoms with Crippen molar-refractivity contribution in [1.82, 2.24) is 4.90 Å². The van der Waals surface area contributed by atoms with Gasteiger partial charge in [-0.25, -0.2) is 4.39 Å². The van der Waals surface area contributed by atoms with E-state index >= 15 is 0 Å². The molecule has 0 aliphatic carbocycles. The Morgan fingerprint density at radius 3 is 2.47 bits per heavy atom. The highest BCUT2D eigenvalue weighted by atomic mass is 19.1. The maximum atomic E-state index is 13.3. The third kappa shape index (κ3) is 5.81. The first-order valence-electron chi connectivity index (χ1n) is 10.3. The Hall–Kier alpha value is -2.89. The molecule has 0 saturated carbocycles. The normalized spacial score (nSPS) is 15.0. The first kappa shape index (κ1) is 21.8. The minimum atomic E-state index is -0.402. The van der Waals surface area contributed by atoms with Crippen molar-refractivity contribution in [2.75, 3.05) is 18.4 Å². The van der Waals surface area contributed by atoms with E-state index in [1.165, 1.54) is 12.1 Å². The zero-order chi connectivity index (χ0) is 21.7. The standard InChI is InChI=1S/C24H29FN2O3/c1-24(2,3)23(29)27-12-10-18(11-13-27)22(28)26-20-8-5-9-21(15-20)30-16-17-6-4-7-19(25)14-17/h4-9,14-15,18H,10-13,16H2,1-3H3,(H,26,28). The summed E-state index contributed by atoms with van der Waals surface area (Å²) in [4.78, 5) is 26.9. The van der Waals surface area contributed by atoms with Gasteiger partial charge in [-0.05, 0) is 42.7 Å². The van der Waals surface area contributed by atoms with Crippen molar-refractivity contribution < 1.29 is 18.7 Å². The van der Waals surface area contributed by atoms with Gasteiger partial charge in [-0.15, -0.1) is 0 Å². The number of anilines is 1. The molecule has 0 unspecified atom stereocenters. The molecule has 1 aliphatic heterocycles. The van der Waals surface area contributed by atoms with E-state index in [9.17, 15) is 14.0 Å². The van der Waals surface area contributed by atoms with Gasteiger partial charge in [0.25, 0.3) is 0 Å². The second-order valence-corrected chi connectivity index (χ2v) is 8.75. The molecule has 0 atom stereocenters. The maximum Gasteiger partial charge on any atom is 0.227 e. The molecule has 3 rings (SSSR count). The molecule has 2 amide bonds. The summed E-state index contributed by atoms with van der Waals surface area (Å²) in [5, 5.41) is 2.95. The van der Waals surface area contributed by atoms with Gasteiger partial charge >= 0.3 is 0 Å². The van der Waals surface area contributed by atoms with Crippen molar-refractivity contribution >= 4 is 17.5 Å². The summed E-state index contributed by atoms with van der Waals surface area (Å²) in [5.41, 5.74) is 0.993. The van der Waals surface area contributed by atoms with E-state index in [1.807, 2.05) is 31.7 Å². The average molecular weight is 413 g/mol. The van der Waals surface area contributed by atoms with Gasteiger partial charge in [0.1, 0.15) is 18.2 Å². The Labute approximate surface area is 177 Å². The Bertz CT molecular complexity index is 899. The fourth-order valence-corrected chi connectivity index (χ4v) is 3.52. The third-order valence-corrected chi connectivity index (χ3v) is 5.19. The molecule has 2 aromatic carbocycles. The number of halogens is 1. The minimum absolute atomic E-state index is 0.0415. The van der Waals surface area contributed by atoms with Crippen molar-refractivity contribution in [3.63, 3.8) is 0 Å². The molecule has 30 heavy (non-hydrogen) atoms. The fourth-order valence-electron chi connectivity index (χ4n) is 3.52. The van der Waals surface area contributed by atoms with Crippen LogP contribution >= 0.6 is 0 Å². The van der Waals surface area contributed by atoms with Crippen molar-refractivity contribution in [2.45, 2.75) is 40.2 Å². The molecular formula is C24H29FN2O3. The molecule has 160 valence electrons. The summed E-state index contributed by atoms with van der Waals surface area (Å²) in [6.07, 6.45) is 1.31. The highest BCUT2D eigenvalue weighted by Crippen LogP contribution is 2.25. The Morgan fingerprint density at radius 2 is 1.80 bits per heavy atom. The summed E-state index contributed by atoms with van der Waals surface area (Å²) in [7, 11) is 0. The lowest BCUT2D eigenvalue weighted by atomic mass is 9.90. The summed E-state index contributed by atoms with van der Waals surface area (Å²) >= 11 is 0. The smallest absolute Gasteiger partial charge is 0.227 e. The van der Waals surface area contributed by atoms with Gasteiger partial charge in [-0.2, -0.15) is 0 Å². The number of nitrogens with one attached hydrogen (secondary N) is 1. The molecule has 1 N–H and O–H groups in total. The number of piperidine rings is 1. The number of ether oxygens (including phenoxy) is 1. The molecule has 0 bridgehead atoms. The number of hydrogen-bond acceptors (Lipinski definition) is 3. The number of carbonyl (C=O) groups is 2. The SMILES string of the molecule is CC(C)(C)C(=O)N1CCC(C(=O)Nc2cccc(OCc3cccc(F)c3)c2)CC1. The minimum Gasteiger partial charge on any atom is -0.489 e. The molecule has 1 aliphatic rings. The molecule has 6 heteroatoms. The Kier molecular flexibility index (Phi) is 6.75. The van der Waals surface area contributed by atoms with E-state index in [-0.39, 0.29) is 30.2 Å². The van der Waals surface area contributed by atoms with Crippen molar-refractivity contribution in [3.05, 3.63) is 59.9 Å². The molecule has 5 nitrogen and oxygen atoms in total. The zero-order valence-corrected chi connectivity index (χ0v) is 17.8. The van der Waals surface area contributed by atoms with E-state index in [0.29, 0.717) is 37.4 Å². The summed E-state index contributed by atoms with van der Waals surface area (Å²) in [6, 6.07) is 13.4. The number of rotatable bonds is 5. The summed E-state index contributed by atoms with van der Waals surface area (Å²) in [5.74, 6) is 0.269. The zero-order valence-electron chi connectivity index (χ0n) is 17.8. The van der Waals surface area contributed by atoms with E-state index in [4.69, 9.17) is 4.74 Å². The predicted molar refractivity (Wildman–Crippen MR) is 115 cm³/mol. The van der Waals surface area contributed by atoms with Gasteiger partial charge in [-0.3, -0.25) is 9.59 Å². The van der Waals surface area contributed by atoms with E-state index in [1.54, 1.807) is 30.3 Å². The molecule has 1 heterocycles. The lowest BCUT2D eigenvalue weighted by molar-refractivity contribution is -0.142. The lowest BCUT2D eigenvalue weighted by Crippen LogP contribution is -2.45. The van der Waals surface area contributed by atoms with Crippen LogP contribution in [0.4, 0.5) is 10.1 Å². The van der Waals surface area contributed by atoms with Crippen LogP contribution in [-0.4, -0.2) is 29.8 Å². The second-order valence-electron chi connectivity index (χ2n) is 8.75. The van der Waals surface area contributed by atoms with E-state index < -0.39 is 5.41 Å². The molecule has 0 radical (unpaired) electrons. The first-order valence-corrected chi connectivity index (χ1v) is 10.3. The maximum absolute atomic E-state index is 13.3. The topological polar surface area (TPSA) is 58.6 Å². The Balaban J connectivity index is 1.52. The number of likely N-dealkylation sites (tertiary alicyclic amines) is 1. The molecule has 0 spiro atoms. The molecule has 0 aromatic heterocycles. The second kappa shape index (κ2) is 9.28. The van der Waals surface area contributed by atoms with Crippen LogP contribution in [0.3, 0.4) is 0 Å². The van der Waals surface area contributed by atoms with Gasteiger partial charge < -0.3 is 15.0 Å². The van der Waals surface area contributed by atoms with Crippen LogP contribution in [0.1, 0.15) is 39.2 Å². The highest BCUT2D eigenvalue weighted by molar-refractivity contribution is 5.93. The van der Waals surface area contributed by atoms with Crippen molar-refractivity contribution in [1.29, 1.82) is 0 Å². The van der Waals surface area contributed by atoms with Crippen LogP contribution in [0.2, 0.25) is 0 Å². The van der Waals surface area contributed by atoms with Crippen LogP contribution < -0.4 is 10.1 Å². The molecular weight excluding hydrogens is 383 g/mol. The largest absolute Gasteiger partial charge is 0.489 e. The summed E-state index contributed by atoms with van der Waals surface area (Å²) in [6.45, 7) is 7.19. The highest BCUT2D eigenvalue weighted by Gasteiger charge is 2.32. The number of carbonyl (C=O) groups excluding carboxylic acids is 2. The first-order chi connectivity index (χ1) is 14.2. The van der Waals surface area contributed by atoms with Crippen LogP contribution in [0.5, 0.6) is 5.75 Å². The predicted octanol–water partition coefficient (Wildman–Crippen LogP) is 4.63. The van der Waals surface area contributed by atoms with Crippen LogP contribution in [0.15, 0.2) is 48.5 Å². The number of hydrogen-bond donors (Lipinski definition) is 1. The van der Waals surface area contributed by atoms with E-state index in [0.717, 1.165) is 5.56 Å². The van der Waals surface area contributed by atoms with Crippen molar-refractivity contribution in [2.24, 2.45) is 11.3 Å². The Morgan fingerprint density at radius 1 is 1.10 bits per heavy atom. The fraction of sp³-hybridized carbons (Fsp3) is 0.417. The lowest BCUT2D eigenvalue weighted by Gasteiger charge is -2.35. The molecule has 1 fully saturated rings. The van der Waals surface area contributed by atoms with E-state index in [2.05, 4.69) is 5.32 Å². The monoisotopic (exact) mass is 412 g/mol. The molecule has 1 saturated heterocycles. The summed E-state index contributed by atoms with van der Waals surface area (Å²) < 4.78 is 19.0. The van der Waals surface area contributed by atoms with Crippen LogP contribution in [0.25, 0.3) is 0 Å². The van der Waals surface area contributed by atoms with Crippen LogP contribution in [0, 0.1) is 17.2 Å². The van der Waals surface area contributed by atoms with Gasteiger partial charge in [0.15, 0.2) is 0 Å². The van der Waals surface area contributed by atoms with Crippen molar-refractivity contribution in [3.8, 4) is 5.75 Å². The molecule has 2 aromatic rings. The van der Waals surface area contributed by atoms with Gasteiger partial charge in [0.2, 0.25) is 11.8 Å². The number of amides is 2. The number of nitrogens with zero attached hydrogens (tertiary/aromatic N) is 1. The van der Waals surface area contributed by atoms with Gasteiger partial charge in [0, 0.05) is 36.2 Å².